The van der Waals surface area contributed by atoms with Crippen molar-refractivity contribution >= 4 is 17.0 Å². The van der Waals surface area contributed by atoms with Gasteiger partial charge in [-0.2, -0.15) is 0 Å². The van der Waals surface area contributed by atoms with Gasteiger partial charge in [-0.15, -0.1) is 0 Å². The number of nitrogens with zero attached hydrogens (tertiary/aromatic N) is 2. The van der Waals surface area contributed by atoms with Crippen LogP contribution in [0.1, 0.15) is 38.2 Å². The van der Waals surface area contributed by atoms with Crippen LogP contribution in [-0.4, -0.2) is 35.1 Å². The average molecular weight is 423 g/mol. The fourth-order valence-electron chi connectivity index (χ4n) is 4.35. The Bertz CT molecular complexity index is 1060. The highest BCUT2D eigenvalue weighted by Crippen LogP contribution is 2.24. The van der Waals surface area contributed by atoms with Gasteiger partial charge in [0.25, 0.3) is 0 Å². The van der Waals surface area contributed by atoms with E-state index >= 15 is 0 Å². The second kappa shape index (κ2) is 9.86. The summed E-state index contributed by atoms with van der Waals surface area (Å²) in [5.74, 6) is 1.28. The number of rotatable bonds is 8. The SMILES string of the molecule is CCOc1ccc(CCC2CCN(C(=O)CCn3c(=O)oc4ccccc43)CC2)cc1. The van der Waals surface area contributed by atoms with Crippen molar-refractivity contribution in [3.8, 4) is 5.75 Å². The van der Waals surface area contributed by atoms with E-state index in [-0.39, 0.29) is 5.91 Å². The number of ether oxygens (including phenoxy) is 1. The van der Waals surface area contributed by atoms with Gasteiger partial charge < -0.3 is 14.1 Å². The molecule has 1 aromatic heterocycles. The number of likely N-dealkylation sites (tertiary alicyclic amines) is 1. The number of oxazole rings is 1. The lowest BCUT2D eigenvalue weighted by atomic mass is 9.90. The van der Waals surface area contributed by atoms with E-state index in [1.807, 2.05) is 42.2 Å². The molecule has 0 atom stereocenters. The first-order valence-electron chi connectivity index (χ1n) is 11.2. The summed E-state index contributed by atoms with van der Waals surface area (Å²) in [5.41, 5.74) is 2.64. The molecule has 6 nitrogen and oxygen atoms in total. The van der Waals surface area contributed by atoms with Gasteiger partial charge in [-0.25, -0.2) is 4.79 Å². The van der Waals surface area contributed by atoms with Crippen molar-refractivity contribution in [2.45, 2.75) is 45.6 Å². The van der Waals surface area contributed by atoms with Crippen LogP contribution in [0, 0.1) is 5.92 Å². The molecule has 0 N–H and O–H groups in total. The summed E-state index contributed by atoms with van der Waals surface area (Å²) in [6.07, 6.45) is 4.60. The molecule has 31 heavy (non-hydrogen) atoms. The summed E-state index contributed by atoms with van der Waals surface area (Å²) in [5, 5.41) is 0. The lowest BCUT2D eigenvalue weighted by molar-refractivity contribution is -0.132. The summed E-state index contributed by atoms with van der Waals surface area (Å²) in [7, 11) is 0. The molecule has 2 heterocycles. The second-order valence-electron chi connectivity index (χ2n) is 8.18. The summed E-state index contributed by atoms with van der Waals surface area (Å²) >= 11 is 0. The van der Waals surface area contributed by atoms with Gasteiger partial charge in [0.15, 0.2) is 5.58 Å². The Morgan fingerprint density at radius 1 is 1.10 bits per heavy atom. The number of aryl methyl sites for hydroxylation is 2. The number of carbonyl (C=O) groups is 1. The third-order valence-electron chi connectivity index (χ3n) is 6.17. The number of benzene rings is 2. The molecule has 0 aliphatic carbocycles. The second-order valence-corrected chi connectivity index (χ2v) is 8.18. The van der Waals surface area contributed by atoms with Crippen LogP contribution >= 0.6 is 0 Å². The van der Waals surface area contributed by atoms with Gasteiger partial charge in [-0.05, 0) is 68.4 Å². The van der Waals surface area contributed by atoms with E-state index in [2.05, 4.69) is 12.1 Å². The first-order valence-corrected chi connectivity index (χ1v) is 11.2. The highest BCUT2D eigenvalue weighted by Gasteiger charge is 2.23. The van der Waals surface area contributed by atoms with Gasteiger partial charge in [0.1, 0.15) is 5.75 Å². The summed E-state index contributed by atoms with van der Waals surface area (Å²) in [6.45, 7) is 4.63. The molecule has 0 spiro atoms. The van der Waals surface area contributed by atoms with Gasteiger partial charge in [-0.1, -0.05) is 24.3 Å². The average Bonchev–Trinajstić information content (AvgIpc) is 3.12. The van der Waals surface area contributed by atoms with Crippen LogP contribution in [0.3, 0.4) is 0 Å². The van der Waals surface area contributed by atoms with Crippen molar-refractivity contribution in [2.75, 3.05) is 19.7 Å². The molecule has 0 unspecified atom stereocenters. The highest BCUT2D eigenvalue weighted by atomic mass is 16.5. The van der Waals surface area contributed by atoms with E-state index in [0.29, 0.717) is 31.1 Å². The molecule has 1 fully saturated rings. The maximum Gasteiger partial charge on any atom is 0.419 e. The van der Waals surface area contributed by atoms with Crippen molar-refractivity contribution < 1.29 is 13.9 Å². The fraction of sp³-hybridized carbons (Fsp3) is 0.440. The highest BCUT2D eigenvalue weighted by molar-refractivity contribution is 5.77. The van der Waals surface area contributed by atoms with E-state index in [9.17, 15) is 9.59 Å². The van der Waals surface area contributed by atoms with Gasteiger partial charge in [0.05, 0.1) is 12.1 Å². The largest absolute Gasteiger partial charge is 0.494 e. The van der Waals surface area contributed by atoms with Crippen LogP contribution in [-0.2, 0) is 17.8 Å². The van der Waals surface area contributed by atoms with Gasteiger partial charge >= 0.3 is 5.76 Å². The van der Waals surface area contributed by atoms with Crippen LogP contribution in [0.2, 0.25) is 0 Å². The summed E-state index contributed by atoms with van der Waals surface area (Å²) < 4.78 is 12.3. The number of para-hydroxylation sites is 2. The summed E-state index contributed by atoms with van der Waals surface area (Å²) in [4.78, 5) is 26.7. The normalized spacial score (nSPS) is 14.8. The van der Waals surface area contributed by atoms with Gasteiger partial charge in [0, 0.05) is 26.1 Å². The molecule has 1 aliphatic rings. The van der Waals surface area contributed by atoms with Crippen molar-refractivity contribution in [3.63, 3.8) is 0 Å². The fourth-order valence-corrected chi connectivity index (χ4v) is 4.35. The quantitative estimate of drug-likeness (QED) is 0.544. The van der Waals surface area contributed by atoms with Crippen LogP contribution < -0.4 is 10.5 Å². The molecule has 4 rings (SSSR count). The lowest BCUT2D eigenvalue weighted by Crippen LogP contribution is -2.39. The van der Waals surface area contributed by atoms with Crippen molar-refractivity contribution in [2.24, 2.45) is 5.92 Å². The predicted octanol–water partition coefficient (Wildman–Crippen LogP) is 4.25. The van der Waals surface area contributed by atoms with E-state index in [1.165, 1.54) is 5.56 Å². The van der Waals surface area contributed by atoms with Crippen LogP contribution in [0.25, 0.3) is 11.1 Å². The Labute approximate surface area is 182 Å². The Morgan fingerprint density at radius 2 is 1.84 bits per heavy atom. The standard InChI is InChI=1S/C25H30N2O4/c1-2-30-21-11-9-19(10-12-21)7-8-20-13-16-26(17-14-20)24(28)15-18-27-22-5-3-4-6-23(22)31-25(27)29/h3-6,9-12,20H,2,7-8,13-18H2,1H3. The summed E-state index contributed by atoms with van der Waals surface area (Å²) in [6, 6.07) is 15.7. The predicted molar refractivity (Wildman–Crippen MR) is 120 cm³/mol. The molecule has 1 aliphatic heterocycles. The minimum atomic E-state index is -0.401. The minimum absolute atomic E-state index is 0.113. The number of fused-ring (bicyclic) bond motifs is 1. The Balaban J connectivity index is 1.22. The van der Waals surface area contributed by atoms with Crippen LogP contribution in [0.15, 0.2) is 57.7 Å². The zero-order chi connectivity index (χ0) is 21.6. The van der Waals surface area contributed by atoms with Crippen LogP contribution in [0.4, 0.5) is 0 Å². The number of hydrogen-bond acceptors (Lipinski definition) is 4. The third-order valence-corrected chi connectivity index (χ3v) is 6.17. The van der Waals surface area contributed by atoms with Crippen molar-refractivity contribution in [3.05, 3.63) is 64.6 Å². The van der Waals surface area contributed by atoms with E-state index < -0.39 is 5.76 Å². The number of hydrogen-bond donors (Lipinski definition) is 0. The molecule has 3 aromatic rings. The molecule has 164 valence electrons. The van der Waals surface area contributed by atoms with Crippen molar-refractivity contribution in [1.82, 2.24) is 9.47 Å². The first-order chi connectivity index (χ1) is 15.1. The topological polar surface area (TPSA) is 64.7 Å². The number of amides is 1. The smallest absolute Gasteiger partial charge is 0.419 e. The van der Waals surface area contributed by atoms with Gasteiger partial charge in [-0.3, -0.25) is 9.36 Å². The third kappa shape index (κ3) is 5.19. The molecular formula is C25H30N2O4. The molecule has 0 bridgehead atoms. The molecule has 0 saturated carbocycles. The molecule has 1 amide bonds. The van der Waals surface area contributed by atoms with E-state index in [0.717, 1.165) is 50.0 Å². The maximum absolute atomic E-state index is 12.7. The Hall–Kier alpha value is -3.02. The van der Waals surface area contributed by atoms with E-state index in [1.54, 1.807) is 10.6 Å². The Morgan fingerprint density at radius 3 is 2.58 bits per heavy atom. The van der Waals surface area contributed by atoms with Gasteiger partial charge in [0.2, 0.25) is 5.91 Å². The molecule has 0 radical (unpaired) electrons. The van der Waals surface area contributed by atoms with E-state index in [4.69, 9.17) is 9.15 Å². The first kappa shape index (κ1) is 21.2. The lowest BCUT2D eigenvalue weighted by Gasteiger charge is -2.32. The zero-order valence-corrected chi connectivity index (χ0v) is 18.1. The zero-order valence-electron chi connectivity index (χ0n) is 18.1. The molecule has 6 heteroatoms. The minimum Gasteiger partial charge on any atom is -0.494 e. The van der Waals surface area contributed by atoms with Crippen LogP contribution in [0.5, 0.6) is 5.75 Å². The molecule has 1 saturated heterocycles. The molecule has 2 aromatic carbocycles. The number of aromatic nitrogens is 1. The van der Waals surface area contributed by atoms with Crippen molar-refractivity contribution in [1.29, 1.82) is 0 Å². The Kier molecular flexibility index (Phi) is 6.75. The number of piperidine rings is 1. The monoisotopic (exact) mass is 422 g/mol. The molecular weight excluding hydrogens is 392 g/mol. The maximum atomic E-state index is 12.7. The number of carbonyl (C=O) groups excluding carboxylic acids is 1.